The number of nitrogens with one attached hydrogen (secondary N) is 2. The summed E-state index contributed by atoms with van der Waals surface area (Å²) in [6.45, 7) is 2.42. The summed E-state index contributed by atoms with van der Waals surface area (Å²) < 4.78 is 5.90. The maximum Gasteiger partial charge on any atom is 0.163 e. The van der Waals surface area contributed by atoms with E-state index < -0.39 is 0 Å². The molecule has 6 nitrogen and oxygen atoms in total. The molecular weight excluding hydrogens is 388 g/mol. The van der Waals surface area contributed by atoms with Crippen molar-refractivity contribution in [1.29, 1.82) is 0 Å². The summed E-state index contributed by atoms with van der Waals surface area (Å²) in [5.41, 5.74) is 1.94. The second-order valence-electron chi connectivity index (χ2n) is 7.13. The SMILES string of the molecule is C[C@H](CO)Nc1nc(-c2ccccc2)nc2c1CC(COc1cccc(Cl)c1)N2. The number of nitrogens with zero attached hydrogens (tertiary/aromatic N) is 2. The van der Waals surface area contributed by atoms with Crippen LogP contribution < -0.4 is 15.4 Å². The first-order valence-electron chi connectivity index (χ1n) is 9.61. The molecule has 7 heteroatoms. The molecule has 0 radical (unpaired) electrons. The standard InChI is InChI=1S/C22H23ClN4O2/c1-14(12-28)24-21-19-11-17(13-29-18-9-5-8-16(23)10-18)25-22(19)27-20(26-21)15-6-3-2-4-7-15/h2-10,14,17,28H,11-13H2,1H3,(H2,24,25,26,27)/t14-,17?/m1/s1. The third-order valence-electron chi connectivity index (χ3n) is 4.73. The lowest BCUT2D eigenvalue weighted by molar-refractivity contribution is 0.281. The summed E-state index contributed by atoms with van der Waals surface area (Å²) in [6, 6.07) is 17.2. The highest BCUT2D eigenvalue weighted by Crippen LogP contribution is 2.32. The molecular formula is C22H23ClN4O2. The molecule has 150 valence electrons. The van der Waals surface area contributed by atoms with E-state index in [9.17, 15) is 5.11 Å². The number of rotatable bonds is 7. The Kier molecular flexibility index (Phi) is 5.83. The number of anilines is 2. The van der Waals surface area contributed by atoms with Crippen molar-refractivity contribution in [2.24, 2.45) is 0 Å². The molecule has 2 aromatic carbocycles. The van der Waals surface area contributed by atoms with Gasteiger partial charge in [-0.25, -0.2) is 9.97 Å². The summed E-state index contributed by atoms with van der Waals surface area (Å²) in [6.07, 6.45) is 0.728. The van der Waals surface area contributed by atoms with Crippen LogP contribution in [0.5, 0.6) is 5.75 Å². The number of benzene rings is 2. The number of aliphatic hydroxyl groups is 1. The smallest absolute Gasteiger partial charge is 0.163 e. The third-order valence-corrected chi connectivity index (χ3v) is 4.97. The van der Waals surface area contributed by atoms with E-state index in [2.05, 4.69) is 10.6 Å². The minimum Gasteiger partial charge on any atom is -0.491 e. The van der Waals surface area contributed by atoms with Gasteiger partial charge in [0.05, 0.1) is 12.6 Å². The molecule has 0 bridgehead atoms. The number of hydrogen-bond donors (Lipinski definition) is 3. The van der Waals surface area contributed by atoms with E-state index in [1.807, 2.05) is 55.5 Å². The van der Waals surface area contributed by atoms with E-state index in [1.165, 1.54) is 0 Å². The Labute approximate surface area is 174 Å². The van der Waals surface area contributed by atoms with Crippen molar-refractivity contribution in [1.82, 2.24) is 9.97 Å². The maximum absolute atomic E-state index is 9.46. The molecule has 1 unspecified atom stereocenters. The fourth-order valence-electron chi connectivity index (χ4n) is 3.26. The van der Waals surface area contributed by atoms with Crippen molar-refractivity contribution < 1.29 is 9.84 Å². The number of ether oxygens (including phenoxy) is 1. The number of halogens is 1. The van der Waals surface area contributed by atoms with Gasteiger partial charge in [-0.15, -0.1) is 0 Å². The quantitative estimate of drug-likeness (QED) is 0.546. The van der Waals surface area contributed by atoms with Gasteiger partial charge in [0.1, 0.15) is 24.0 Å². The molecule has 3 N–H and O–H groups in total. The van der Waals surface area contributed by atoms with Crippen molar-refractivity contribution >= 4 is 23.2 Å². The second-order valence-corrected chi connectivity index (χ2v) is 7.57. The first-order valence-corrected chi connectivity index (χ1v) is 9.99. The number of hydrogen-bond acceptors (Lipinski definition) is 6. The molecule has 3 aromatic rings. The Hall–Kier alpha value is -2.83. The molecule has 0 saturated heterocycles. The molecule has 0 fully saturated rings. The lowest BCUT2D eigenvalue weighted by Gasteiger charge is -2.15. The summed E-state index contributed by atoms with van der Waals surface area (Å²) >= 11 is 6.03. The highest BCUT2D eigenvalue weighted by molar-refractivity contribution is 6.30. The monoisotopic (exact) mass is 410 g/mol. The Balaban J connectivity index is 1.56. The fourth-order valence-corrected chi connectivity index (χ4v) is 3.44. The van der Waals surface area contributed by atoms with E-state index in [0.717, 1.165) is 34.9 Å². The van der Waals surface area contributed by atoms with Gasteiger partial charge >= 0.3 is 0 Å². The topological polar surface area (TPSA) is 79.3 Å². The first kappa shape index (κ1) is 19.5. The minimum absolute atomic E-state index is 0.0220. The van der Waals surface area contributed by atoms with Gasteiger partial charge in [0.15, 0.2) is 5.82 Å². The molecule has 0 aliphatic carbocycles. The molecule has 0 spiro atoms. The average molecular weight is 411 g/mol. The maximum atomic E-state index is 9.46. The molecule has 0 saturated carbocycles. The van der Waals surface area contributed by atoms with Crippen LogP contribution in [-0.4, -0.2) is 40.4 Å². The molecule has 29 heavy (non-hydrogen) atoms. The minimum atomic E-state index is -0.112. The van der Waals surface area contributed by atoms with Gasteiger partial charge in [-0.1, -0.05) is 48.0 Å². The Morgan fingerprint density at radius 1 is 1.21 bits per heavy atom. The largest absolute Gasteiger partial charge is 0.491 e. The van der Waals surface area contributed by atoms with Gasteiger partial charge in [0, 0.05) is 28.6 Å². The third kappa shape index (κ3) is 4.60. The van der Waals surface area contributed by atoms with E-state index in [4.69, 9.17) is 26.3 Å². The zero-order valence-corrected chi connectivity index (χ0v) is 16.9. The van der Waals surface area contributed by atoms with Crippen molar-refractivity contribution in [3.05, 3.63) is 65.2 Å². The summed E-state index contributed by atoms with van der Waals surface area (Å²) in [4.78, 5) is 9.47. The van der Waals surface area contributed by atoms with Gasteiger partial charge in [0.25, 0.3) is 0 Å². The molecule has 2 atom stereocenters. The van der Waals surface area contributed by atoms with Crippen molar-refractivity contribution in [3.63, 3.8) is 0 Å². The molecule has 1 aromatic heterocycles. The lowest BCUT2D eigenvalue weighted by atomic mass is 10.1. The number of aliphatic hydroxyl groups excluding tert-OH is 1. The molecule has 1 aliphatic heterocycles. The van der Waals surface area contributed by atoms with Gasteiger partial charge in [0.2, 0.25) is 0 Å². The van der Waals surface area contributed by atoms with Crippen molar-refractivity contribution in [2.45, 2.75) is 25.4 Å². The van der Waals surface area contributed by atoms with Crippen LogP contribution in [0.15, 0.2) is 54.6 Å². The zero-order chi connectivity index (χ0) is 20.2. The fraction of sp³-hybridized carbons (Fsp3) is 0.273. The van der Waals surface area contributed by atoms with E-state index in [0.29, 0.717) is 17.5 Å². The van der Waals surface area contributed by atoms with Crippen LogP contribution in [0.1, 0.15) is 12.5 Å². The van der Waals surface area contributed by atoms with Crippen LogP contribution in [0, 0.1) is 0 Å². The lowest BCUT2D eigenvalue weighted by Crippen LogP contribution is -2.24. The zero-order valence-electron chi connectivity index (χ0n) is 16.1. The molecule has 1 aliphatic rings. The van der Waals surface area contributed by atoms with E-state index in [1.54, 1.807) is 6.07 Å². The molecule has 2 heterocycles. The van der Waals surface area contributed by atoms with Crippen molar-refractivity contribution in [2.75, 3.05) is 23.8 Å². The Morgan fingerprint density at radius 2 is 2.03 bits per heavy atom. The van der Waals surface area contributed by atoms with Crippen LogP contribution in [0.3, 0.4) is 0 Å². The predicted octanol–water partition coefficient (Wildman–Crippen LogP) is 4.01. The normalized spacial score (nSPS) is 16.0. The number of aromatic nitrogens is 2. The van der Waals surface area contributed by atoms with Crippen molar-refractivity contribution in [3.8, 4) is 17.1 Å². The second kappa shape index (κ2) is 8.68. The van der Waals surface area contributed by atoms with Gasteiger partial charge in [-0.3, -0.25) is 0 Å². The van der Waals surface area contributed by atoms with Crippen LogP contribution in [-0.2, 0) is 6.42 Å². The Bertz CT molecular complexity index is 984. The van der Waals surface area contributed by atoms with Crippen LogP contribution in [0.25, 0.3) is 11.4 Å². The van der Waals surface area contributed by atoms with Crippen LogP contribution in [0.2, 0.25) is 5.02 Å². The first-order chi connectivity index (χ1) is 14.1. The molecule has 0 amide bonds. The van der Waals surface area contributed by atoms with Gasteiger partial charge in [-0.05, 0) is 25.1 Å². The Morgan fingerprint density at radius 3 is 2.79 bits per heavy atom. The van der Waals surface area contributed by atoms with Gasteiger partial charge in [-0.2, -0.15) is 0 Å². The summed E-state index contributed by atoms with van der Waals surface area (Å²) in [5, 5.41) is 16.9. The average Bonchev–Trinajstić information content (AvgIpc) is 3.16. The highest BCUT2D eigenvalue weighted by atomic mass is 35.5. The van der Waals surface area contributed by atoms with Crippen LogP contribution in [0.4, 0.5) is 11.6 Å². The van der Waals surface area contributed by atoms with E-state index >= 15 is 0 Å². The summed E-state index contributed by atoms with van der Waals surface area (Å²) in [5.74, 6) is 2.92. The number of fused-ring (bicyclic) bond motifs is 1. The molecule has 4 rings (SSSR count). The summed E-state index contributed by atoms with van der Waals surface area (Å²) in [7, 11) is 0. The van der Waals surface area contributed by atoms with E-state index in [-0.39, 0.29) is 18.7 Å². The predicted molar refractivity (Wildman–Crippen MR) is 116 cm³/mol. The van der Waals surface area contributed by atoms with Gasteiger partial charge < -0.3 is 20.5 Å². The van der Waals surface area contributed by atoms with Crippen LogP contribution >= 0.6 is 11.6 Å². The highest BCUT2D eigenvalue weighted by Gasteiger charge is 2.27.